The van der Waals surface area contributed by atoms with E-state index in [4.69, 9.17) is 5.73 Å². The Hall–Kier alpha value is -0.890. The van der Waals surface area contributed by atoms with Crippen molar-refractivity contribution in [3.63, 3.8) is 0 Å². The second-order valence-corrected chi connectivity index (χ2v) is 5.55. The predicted molar refractivity (Wildman–Crippen MR) is 80.6 cm³/mol. The van der Waals surface area contributed by atoms with E-state index in [2.05, 4.69) is 13.8 Å². The first kappa shape index (κ1) is 16.2. The minimum Gasteiger partial charge on any atom is -0.330 e. The smallest absolute Gasteiger partial charge is 0.126 e. The average molecular weight is 265 g/mol. The summed E-state index contributed by atoms with van der Waals surface area (Å²) in [5, 5.41) is 0. The fourth-order valence-corrected chi connectivity index (χ4v) is 2.69. The van der Waals surface area contributed by atoms with Gasteiger partial charge in [-0.2, -0.15) is 0 Å². The minimum atomic E-state index is -0.0949. The van der Waals surface area contributed by atoms with E-state index in [1.807, 2.05) is 12.1 Å². The first-order valence-corrected chi connectivity index (χ1v) is 7.64. The summed E-state index contributed by atoms with van der Waals surface area (Å²) in [4.78, 5) is 0. The lowest BCUT2D eigenvalue weighted by molar-refractivity contribution is 0.337. The maximum Gasteiger partial charge on any atom is 0.126 e. The van der Waals surface area contributed by atoms with Crippen molar-refractivity contribution in [1.29, 1.82) is 0 Å². The number of benzene rings is 1. The highest BCUT2D eigenvalue weighted by molar-refractivity contribution is 5.17. The van der Waals surface area contributed by atoms with Crippen LogP contribution in [0.2, 0.25) is 0 Å². The highest BCUT2D eigenvalue weighted by atomic mass is 19.1. The van der Waals surface area contributed by atoms with Crippen LogP contribution in [0.5, 0.6) is 0 Å². The first-order valence-electron chi connectivity index (χ1n) is 7.64. The fourth-order valence-electron chi connectivity index (χ4n) is 2.69. The van der Waals surface area contributed by atoms with Crippen molar-refractivity contribution in [1.82, 2.24) is 0 Å². The molecule has 0 fully saturated rings. The molecule has 2 atom stereocenters. The molecule has 0 aliphatic carbocycles. The zero-order valence-electron chi connectivity index (χ0n) is 12.4. The average Bonchev–Trinajstić information content (AvgIpc) is 2.44. The van der Waals surface area contributed by atoms with E-state index in [1.165, 1.54) is 31.7 Å². The number of unbranched alkanes of at least 4 members (excludes halogenated alkanes) is 1. The number of nitrogens with two attached hydrogens (primary N) is 1. The van der Waals surface area contributed by atoms with Crippen LogP contribution in [0.15, 0.2) is 24.3 Å². The normalized spacial score (nSPS) is 14.3. The lowest BCUT2D eigenvalue weighted by Crippen LogP contribution is -2.20. The Labute approximate surface area is 117 Å². The van der Waals surface area contributed by atoms with Crippen molar-refractivity contribution in [2.24, 2.45) is 17.6 Å². The Morgan fingerprint density at radius 3 is 2.47 bits per heavy atom. The van der Waals surface area contributed by atoms with Gasteiger partial charge >= 0.3 is 0 Å². The molecule has 0 amide bonds. The summed E-state index contributed by atoms with van der Waals surface area (Å²) in [7, 11) is 0. The molecular formula is C17H28FN. The molecule has 0 aromatic heterocycles. The van der Waals surface area contributed by atoms with Crippen molar-refractivity contribution in [3.05, 3.63) is 35.6 Å². The third-order valence-corrected chi connectivity index (χ3v) is 4.01. The monoisotopic (exact) mass is 265 g/mol. The standard InChI is InChI=1S/C17H28FN/c1-3-5-8-14(4-2)11-15(13-19)12-16-9-6-7-10-17(16)18/h6-7,9-10,14-15H,3-5,8,11-13,19H2,1-2H3. The summed E-state index contributed by atoms with van der Waals surface area (Å²) in [6, 6.07) is 7.06. The van der Waals surface area contributed by atoms with Crippen LogP contribution in [0, 0.1) is 17.7 Å². The Morgan fingerprint density at radius 1 is 1.16 bits per heavy atom. The van der Waals surface area contributed by atoms with Gasteiger partial charge in [-0.15, -0.1) is 0 Å². The lowest BCUT2D eigenvalue weighted by Gasteiger charge is -2.22. The van der Waals surface area contributed by atoms with Crippen LogP contribution in [0.25, 0.3) is 0 Å². The molecule has 0 heterocycles. The van der Waals surface area contributed by atoms with Crippen LogP contribution in [0.1, 0.15) is 51.5 Å². The molecular weight excluding hydrogens is 237 g/mol. The van der Waals surface area contributed by atoms with E-state index in [9.17, 15) is 4.39 Å². The first-order chi connectivity index (χ1) is 9.21. The molecule has 1 aromatic carbocycles. The predicted octanol–water partition coefficient (Wildman–Crippen LogP) is 4.55. The van der Waals surface area contributed by atoms with Gasteiger partial charge in [0.1, 0.15) is 5.82 Å². The molecule has 0 saturated heterocycles. The second-order valence-electron chi connectivity index (χ2n) is 5.55. The zero-order chi connectivity index (χ0) is 14.1. The largest absolute Gasteiger partial charge is 0.330 e. The third-order valence-electron chi connectivity index (χ3n) is 4.01. The molecule has 0 bridgehead atoms. The minimum absolute atomic E-state index is 0.0949. The molecule has 19 heavy (non-hydrogen) atoms. The van der Waals surface area contributed by atoms with Gasteiger partial charge in [-0.05, 0) is 42.9 Å². The van der Waals surface area contributed by atoms with Gasteiger partial charge in [0.2, 0.25) is 0 Å². The van der Waals surface area contributed by atoms with Crippen LogP contribution < -0.4 is 5.73 Å². The van der Waals surface area contributed by atoms with E-state index in [1.54, 1.807) is 6.07 Å². The molecule has 2 N–H and O–H groups in total. The van der Waals surface area contributed by atoms with Gasteiger partial charge in [0.05, 0.1) is 0 Å². The molecule has 1 nitrogen and oxygen atoms in total. The van der Waals surface area contributed by atoms with Crippen LogP contribution >= 0.6 is 0 Å². The third kappa shape index (κ3) is 5.73. The molecule has 0 aliphatic heterocycles. The van der Waals surface area contributed by atoms with E-state index in [-0.39, 0.29) is 5.82 Å². The van der Waals surface area contributed by atoms with Gasteiger partial charge in [-0.25, -0.2) is 4.39 Å². The summed E-state index contributed by atoms with van der Waals surface area (Å²) >= 11 is 0. The van der Waals surface area contributed by atoms with E-state index in [0.717, 1.165) is 24.3 Å². The maximum absolute atomic E-state index is 13.7. The van der Waals surface area contributed by atoms with Gasteiger partial charge in [-0.3, -0.25) is 0 Å². The number of rotatable bonds is 9. The molecule has 0 radical (unpaired) electrons. The highest BCUT2D eigenvalue weighted by Gasteiger charge is 2.16. The Balaban J connectivity index is 2.55. The fraction of sp³-hybridized carbons (Fsp3) is 0.647. The van der Waals surface area contributed by atoms with Crippen LogP contribution in [-0.2, 0) is 6.42 Å². The van der Waals surface area contributed by atoms with Crippen molar-refractivity contribution in [2.75, 3.05) is 6.54 Å². The number of halogens is 1. The SMILES string of the molecule is CCCCC(CC)CC(CN)Cc1ccccc1F. The van der Waals surface area contributed by atoms with Gasteiger partial charge < -0.3 is 5.73 Å². The Kier molecular flexibility index (Phi) is 7.73. The van der Waals surface area contributed by atoms with Crippen LogP contribution in [-0.4, -0.2) is 6.54 Å². The van der Waals surface area contributed by atoms with Crippen molar-refractivity contribution in [3.8, 4) is 0 Å². The van der Waals surface area contributed by atoms with Gasteiger partial charge in [0, 0.05) is 0 Å². The summed E-state index contributed by atoms with van der Waals surface area (Å²) < 4.78 is 13.7. The van der Waals surface area contributed by atoms with E-state index in [0.29, 0.717) is 12.5 Å². The number of hydrogen-bond donors (Lipinski definition) is 1. The van der Waals surface area contributed by atoms with Gasteiger partial charge in [-0.1, -0.05) is 57.7 Å². The highest BCUT2D eigenvalue weighted by Crippen LogP contribution is 2.24. The topological polar surface area (TPSA) is 26.0 Å². The number of hydrogen-bond acceptors (Lipinski definition) is 1. The summed E-state index contributed by atoms with van der Waals surface area (Å²) in [6.45, 7) is 5.13. The zero-order valence-corrected chi connectivity index (χ0v) is 12.4. The van der Waals surface area contributed by atoms with Gasteiger partial charge in [0.15, 0.2) is 0 Å². The molecule has 1 rings (SSSR count). The Bertz CT molecular complexity index is 351. The van der Waals surface area contributed by atoms with Crippen LogP contribution in [0.3, 0.4) is 0 Å². The maximum atomic E-state index is 13.7. The van der Waals surface area contributed by atoms with Crippen LogP contribution in [0.4, 0.5) is 4.39 Å². The van der Waals surface area contributed by atoms with E-state index >= 15 is 0 Å². The molecule has 108 valence electrons. The molecule has 2 heteroatoms. The quantitative estimate of drug-likeness (QED) is 0.696. The molecule has 2 unspecified atom stereocenters. The van der Waals surface area contributed by atoms with E-state index < -0.39 is 0 Å². The molecule has 0 aliphatic rings. The van der Waals surface area contributed by atoms with Gasteiger partial charge in [0.25, 0.3) is 0 Å². The summed E-state index contributed by atoms with van der Waals surface area (Å²) in [5.74, 6) is 1.04. The molecule has 0 spiro atoms. The summed E-state index contributed by atoms with van der Waals surface area (Å²) in [5.41, 5.74) is 6.69. The lowest BCUT2D eigenvalue weighted by atomic mass is 9.85. The summed E-state index contributed by atoms with van der Waals surface area (Å²) in [6.07, 6.45) is 6.91. The van der Waals surface area contributed by atoms with Crippen molar-refractivity contribution < 1.29 is 4.39 Å². The second kappa shape index (κ2) is 9.08. The van der Waals surface area contributed by atoms with Crippen molar-refractivity contribution >= 4 is 0 Å². The molecule has 0 saturated carbocycles. The molecule has 1 aromatic rings. The van der Waals surface area contributed by atoms with Crippen molar-refractivity contribution in [2.45, 2.75) is 52.4 Å². The Morgan fingerprint density at radius 2 is 1.89 bits per heavy atom.